The first-order chi connectivity index (χ1) is 9.86. The van der Waals surface area contributed by atoms with Crippen LogP contribution in [0.3, 0.4) is 0 Å². The van der Waals surface area contributed by atoms with Crippen LogP contribution in [0, 0.1) is 0 Å². The van der Waals surface area contributed by atoms with Gasteiger partial charge >= 0.3 is 0 Å². The smallest absolute Gasteiger partial charge is 0.0772 e. The van der Waals surface area contributed by atoms with E-state index in [1.54, 1.807) is 0 Å². The van der Waals surface area contributed by atoms with Gasteiger partial charge in [-0.3, -0.25) is 0 Å². The molecule has 1 aromatic carbocycles. The summed E-state index contributed by atoms with van der Waals surface area (Å²) in [5.41, 5.74) is 2.59. The van der Waals surface area contributed by atoms with Crippen LogP contribution in [0.15, 0.2) is 24.3 Å². The lowest BCUT2D eigenvalue weighted by atomic mass is 9.92. The molecule has 3 heteroatoms. The van der Waals surface area contributed by atoms with E-state index in [0.717, 1.165) is 0 Å². The van der Waals surface area contributed by atoms with E-state index in [-0.39, 0.29) is 0 Å². The number of ether oxygens (including phenoxy) is 1. The lowest BCUT2D eigenvalue weighted by Crippen LogP contribution is -2.37. The Morgan fingerprint density at radius 2 is 1.70 bits per heavy atom. The van der Waals surface area contributed by atoms with Gasteiger partial charge in [-0.15, -0.1) is 0 Å². The molecule has 3 rings (SSSR count). The quantitative estimate of drug-likeness (QED) is 0.907. The molecular formula is C17H26N2O. The molecule has 1 heterocycles. The monoisotopic (exact) mass is 274 g/mol. The van der Waals surface area contributed by atoms with E-state index in [2.05, 4.69) is 34.5 Å². The van der Waals surface area contributed by atoms with Crippen LogP contribution >= 0.6 is 0 Å². The van der Waals surface area contributed by atoms with Gasteiger partial charge in [-0.25, -0.2) is 0 Å². The van der Waals surface area contributed by atoms with E-state index in [1.807, 2.05) is 7.11 Å². The second-order valence-electron chi connectivity index (χ2n) is 6.05. The van der Waals surface area contributed by atoms with Crippen molar-refractivity contribution >= 4 is 11.4 Å². The van der Waals surface area contributed by atoms with Crippen LogP contribution in [0.25, 0.3) is 0 Å². The largest absolute Gasteiger partial charge is 0.380 e. The van der Waals surface area contributed by atoms with Gasteiger partial charge in [0, 0.05) is 31.6 Å². The maximum absolute atomic E-state index is 5.61. The number of methoxy groups -OCH3 is 1. The lowest BCUT2D eigenvalue weighted by Gasteiger charge is -2.32. The van der Waals surface area contributed by atoms with Gasteiger partial charge in [0.05, 0.1) is 12.1 Å². The Labute approximate surface area is 122 Å². The topological polar surface area (TPSA) is 24.5 Å². The summed E-state index contributed by atoms with van der Waals surface area (Å²) in [4.78, 5) is 2.47. The Kier molecular flexibility index (Phi) is 4.46. The van der Waals surface area contributed by atoms with E-state index in [1.165, 1.54) is 63.0 Å². The van der Waals surface area contributed by atoms with Crippen molar-refractivity contribution in [1.29, 1.82) is 0 Å². The van der Waals surface area contributed by atoms with Gasteiger partial charge in [0.15, 0.2) is 0 Å². The highest BCUT2D eigenvalue weighted by atomic mass is 16.5. The van der Waals surface area contributed by atoms with Crippen molar-refractivity contribution in [3.05, 3.63) is 24.3 Å². The second-order valence-corrected chi connectivity index (χ2v) is 6.05. The minimum Gasteiger partial charge on any atom is -0.380 e. The standard InChI is InChI=1S/C17H26N2O/c1-20-17-7-3-2-6-16(17)18-14-8-10-15(11-9-14)19-12-4-5-13-19/h8-11,16-18H,2-7,12-13H2,1H3. The molecule has 2 atom stereocenters. The average Bonchev–Trinajstić information content (AvgIpc) is 3.03. The Balaban J connectivity index is 1.62. The molecule has 3 nitrogen and oxygen atoms in total. The van der Waals surface area contributed by atoms with Gasteiger partial charge in [0.1, 0.15) is 0 Å². The van der Waals surface area contributed by atoms with Crippen molar-refractivity contribution < 1.29 is 4.74 Å². The van der Waals surface area contributed by atoms with Gasteiger partial charge in [-0.2, -0.15) is 0 Å². The van der Waals surface area contributed by atoms with Gasteiger partial charge < -0.3 is 15.0 Å². The van der Waals surface area contributed by atoms with Crippen LogP contribution in [-0.4, -0.2) is 32.3 Å². The fraction of sp³-hybridized carbons (Fsp3) is 0.647. The Morgan fingerprint density at radius 1 is 1.00 bits per heavy atom. The molecule has 20 heavy (non-hydrogen) atoms. The Bertz CT molecular complexity index is 412. The first-order valence-corrected chi connectivity index (χ1v) is 8.01. The predicted molar refractivity (Wildman–Crippen MR) is 84.6 cm³/mol. The van der Waals surface area contributed by atoms with Crippen LogP contribution in [0.1, 0.15) is 38.5 Å². The van der Waals surface area contributed by atoms with E-state index in [4.69, 9.17) is 4.74 Å². The Hall–Kier alpha value is -1.22. The van der Waals surface area contributed by atoms with Crippen LogP contribution in [0.2, 0.25) is 0 Å². The minimum atomic E-state index is 0.363. The summed E-state index contributed by atoms with van der Waals surface area (Å²) in [6, 6.07) is 9.40. The third kappa shape index (κ3) is 3.09. The molecule has 2 unspecified atom stereocenters. The molecule has 0 radical (unpaired) electrons. The maximum Gasteiger partial charge on any atom is 0.0772 e. The summed E-state index contributed by atoms with van der Waals surface area (Å²) in [6.07, 6.45) is 8.03. The molecule has 1 saturated carbocycles. The van der Waals surface area contributed by atoms with Gasteiger partial charge in [0.2, 0.25) is 0 Å². The summed E-state index contributed by atoms with van der Waals surface area (Å²) < 4.78 is 5.61. The average molecular weight is 274 g/mol. The lowest BCUT2D eigenvalue weighted by molar-refractivity contribution is 0.0606. The van der Waals surface area contributed by atoms with Crippen molar-refractivity contribution in [1.82, 2.24) is 0 Å². The maximum atomic E-state index is 5.61. The molecule has 0 amide bonds. The van der Waals surface area contributed by atoms with Crippen LogP contribution in [-0.2, 0) is 4.74 Å². The number of hydrogen-bond acceptors (Lipinski definition) is 3. The highest BCUT2D eigenvalue weighted by Gasteiger charge is 2.24. The molecule has 0 spiro atoms. The molecule has 0 bridgehead atoms. The van der Waals surface area contributed by atoms with E-state index in [9.17, 15) is 0 Å². The fourth-order valence-corrected chi connectivity index (χ4v) is 3.50. The first kappa shape index (κ1) is 13.7. The molecule has 0 aromatic heterocycles. The number of anilines is 2. The van der Waals surface area contributed by atoms with Crippen LogP contribution in [0.4, 0.5) is 11.4 Å². The van der Waals surface area contributed by atoms with Crippen LogP contribution < -0.4 is 10.2 Å². The SMILES string of the molecule is COC1CCCCC1Nc1ccc(N2CCCC2)cc1. The normalized spacial score (nSPS) is 26.8. The third-order valence-corrected chi connectivity index (χ3v) is 4.70. The minimum absolute atomic E-state index is 0.363. The number of nitrogens with one attached hydrogen (secondary N) is 1. The van der Waals surface area contributed by atoms with Gasteiger partial charge in [0.25, 0.3) is 0 Å². The summed E-state index contributed by atoms with van der Waals surface area (Å²) in [5, 5.41) is 3.66. The van der Waals surface area contributed by atoms with Crippen molar-refractivity contribution in [3.8, 4) is 0 Å². The van der Waals surface area contributed by atoms with E-state index in [0.29, 0.717) is 12.1 Å². The van der Waals surface area contributed by atoms with E-state index >= 15 is 0 Å². The molecule has 1 aliphatic heterocycles. The highest BCUT2D eigenvalue weighted by molar-refractivity contribution is 5.56. The summed E-state index contributed by atoms with van der Waals surface area (Å²) in [6.45, 7) is 2.42. The number of hydrogen-bond donors (Lipinski definition) is 1. The van der Waals surface area contributed by atoms with Crippen molar-refractivity contribution in [3.63, 3.8) is 0 Å². The molecule has 1 N–H and O–H groups in total. The zero-order valence-electron chi connectivity index (χ0n) is 12.5. The predicted octanol–water partition coefficient (Wildman–Crippen LogP) is 3.66. The molecule has 1 aromatic rings. The molecule has 1 aliphatic carbocycles. The zero-order valence-corrected chi connectivity index (χ0v) is 12.5. The number of nitrogens with zero attached hydrogens (tertiary/aromatic N) is 1. The summed E-state index contributed by atoms with van der Waals surface area (Å²) >= 11 is 0. The van der Waals surface area contributed by atoms with Crippen LogP contribution in [0.5, 0.6) is 0 Å². The van der Waals surface area contributed by atoms with Gasteiger partial charge in [-0.05, 0) is 49.9 Å². The van der Waals surface area contributed by atoms with Gasteiger partial charge in [-0.1, -0.05) is 12.8 Å². The Morgan fingerprint density at radius 3 is 2.40 bits per heavy atom. The molecule has 110 valence electrons. The number of benzene rings is 1. The summed E-state index contributed by atoms with van der Waals surface area (Å²) in [5.74, 6) is 0. The zero-order chi connectivity index (χ0) is 13.8. The highest BCUT2D eigenvalue weighted by Crippen LogP contribution is 2.26. The fourth-order valence-electron chi connectivity index (χ4n) is 3.50. The van der Waals surface area contributed by atoms with Crippen molar-refractivity contribution in [2.75, 3.05) is 30.4 Å². The van der Waals surface area contributed by atoms with E-state index < -0.39 is 0 Å². The molecule has 2 aliphatic rings. The van der Waals surface area contributed by atoms with Crippen molar-refractivity contribution in [2.45, 2.75) is 50.7 Å². The third-order valence-electron chi connectivity index (χ3n) is 4.70. The molecule has 2 fully saturated rings. The summed E-state index contributed by atoms with van der Waals surface area (Å²) in [7, 11) is 1.83. The van der Waals surface area contributed by atoms with Crippen molar-refractivity contribution in [2.24, 2.45) is 0 Å². The first-order valence-electron chi connectivity index (χ1n) is 8.01. The number of rotatable bonds is 4. The molecule has 1 saturated heterocycles. The molecular weight excluding hydrogens is 248 g/mol. The second kappa shape index (κ2) is 6.49.